The van der Waals surface area contributed by atoms with Gasteiger partial charge < -0.3 is 4.84 Å². The fourth-order valence-corrected chi connectivity index (χ4v) is 0.209. The Morgan fingerprint density at radius 1 is 1.40 bits per heavy atom. The van der Waals surface area contributed by atoms with E-state index in [2.05, 4.69) is 10.7 Å². The first-order valence-corrected chi connectivity index (χ1v) is 2.16. The summed E-state index contributed by atoms with van der Waals surface area (Å²) in [7, 11) is 0. The molecule has 0 fully saturated rings. The Kier molecular flexibility index (Phi) is 3.66. The Morgan fingerprint density at radius 2 is 2.00 bits per heavy atom. The lowest BCUT2D eigenvalue weighted by Gasteiger charge is -1.84. The summed E-state index contributed by atoms with van der Waals surface area (Å²) in [6, 6.07) is 0. The van der Waals surface area contributed by atoms with Crippen molar-refractivity contribution >= 4 is 11.9 Å². The Balaban J connectivity index is 3.87. The second-order valence-electron chi connectivity index (χ2n) is 1.20. The number of nitrogens with zero attached hydrogens (tertiary/aromatic N) is 1. The maximum atomic E-state index is 10.1. The van der Waals surface area contributed by atoms with E-state index < -0.39 is 11.9 Å². The molecule has 6 heteroatoms. The number of carbonyl (C=O) groups is 2. The van der Waals surface area contributed by atoms with Crippen LogP contribution in [0.1, 0.15) is 0 Å². The fraction of sp³-hybridized carbons (Fsp3) is 0. The van der Waals surface area contributed by atoms with Crippen LogP contribution in [0.2, 0.25) is 0 Å². The minimum Gasteiger partial charge on any atom is -0.370 e. The molecule has 0 aromatic carbocycles. The van der Waals surface area contributed by atoms with Crippen molar-refractivity contribution in [3.8, 4) is 0 Å². The van der Waals surface area contributed by atoms with Gasteiger partial charge in [-0.25, -0.2) is 4.79 Å². The molecule has 54 valence electrons. The van der Waals surface area contributed by atoms with E-state index in [9.17, 15) is 14.5 Å². The molecule has 0 unspecified atom stereocenters. The minimum atomic E-state index is -1.06. The highest BCUT2D eigenvalue weighted by Crippen LogP contribution is 1.79. The molecule has 2 N–H and O–H groups in total. The number of nitrogens with two attached hydrogens (primary N) is 1. The van der Waals surface area contributed by atoms with Crippen LogP contribution in [0.3, 0.4) is 0 Å². The highest BCUT2D eigenvalue weighted by atomic mass is 16.7. The first kappa shape index (κ1) is 8.44. The molecule has 6 nitrogen and oxygen atoms in total. The molecular formula is C4H4N2O4. The maximum Gasteiger partial charge on any atom is 0.349 e. The summed E-state index contributed by atoms with van der Waals surface area (Å²) >= 11 is 0. The van der Waals surface area contributed by atoms with Crippen LogP contribution in [0.4, 0.5) is 0 Å². The van der Waals surface area contributed by atoms with Crippen LogP contribution in [-0.2, 0) is 14.4 Å². The average molecular weight is 144 g/mol. The van der Waals surface area contributed by atoms with Gasteiger partial charge >= 0.3 is 11.9 Å². The maximum absolute atomic E-state index is 10.1. The van der Waals surface area contributed by atoms with Gasteiger partial charge in [0.2, 0.25) is 0 Å². The van der Waals surface area contributed by atoms with Crippen LogP contribution >= 0.6 is 0 Å². The summed E-state index contributed by atoms with van der Waals surface area (Å²) in [5.74, 6) is 2.39. The van der Waals surface area contributed by atoms with Crippen LogP contribution in [0, 0.1) is 4.91 Å². The molecule has 0 aliphatic carbocycles. The minimum absolute atomic E-state index is 0.655. The molecule has 0 bridgehead atoms. The SMILES string of the molecule is NOC(=O)/C=C/C(=O)N=O. The normalized spacial score (nSPS) is 9.30. The zero-order valence-electron chi connectivity index (χ0n) is 4.81. The van der Waals surface area contributed by atoms with Gasteiger partial charge in [-0.1, -0.05) is 0 Å². The standard InChI is InChI=1S/C4H4N2O4/c5-10-4(8)2-1-3(7)6-9/h1-2H,5H2/b2-1+. The predicted octanol–water partition coefficient (Wildman–Crippen LogP) is -0.748. The highest BCUT2D eigenvalue weighted by Gasteiger charge is 1.95. The van der Waals surface area contributed by atoms with Gasteiger partial charge in [-0.05, 0) is 0 Å². The number of hydrogen-bond donors (Lipinski definition) is 1. The summed E-state index contributed by atoms with van der Waals surface area (Å²) in [6.45, 7) is 0. The number of nitroso groups, excluding NO2 is 1. The van der Waals surface area contributed by atoms with Gasteiger partial charge in [0.1, 0.15) is 0 Å². The van der Waals surface area contributed by atoms with E-state index in [4.69, 9.17) is 0 Å². The molecule has 0 aromatic rings. The zero-order chi connectivity index (χ0) is 7.98. The molecule has 0 aliphatic rings. The highest BCUT2D eigenvalue weighted by molar-refractivity contribution is 5.94. The molecule has 1 amide bonds. The first-order valence-electron chi connectivity index (χ1n) is 2.16. The molecule has 0 atom stereocenters. The summed E-state index contributed by atoms with van der Waals surface area (Å²) in [5.41, 5.74) is 0. The first-order chi connectivity index (χ1) is 4.70. The van der Waals surface area contributed by atoms with E-state index in [0.717, 1.165) is 0 Å². The smallest absolute Gasteiger partial charge is 0.349 e. The Morgan fingerprint density at radius 3 is 2.40 bits per heavy atom. The molecule has 0 rings (SSSR count). The van der Waals surface area contributed by atoms with Crippen molar-refractivity contribution in [1.82, 2.24) is 0 Å². The number of carbonyl (C=O) groups excluding carboxylic acids is 2. The molecule has 0 saturated carbocycles. The van der Waals surface area contributed by atoms with Gasteiger partial charge in [0, 0.05) is 17.3 Å². The van der Waals surface area contributed by atoms with E-state index >= 15 is 0 Å². The molecule has 0 heterocycles. The van der Waals surface area contributed by atoms with E-state index in [-0.39, 0.29) is 0 Å². The number of rotatable bonds is 2. The lowest BCUT2D eigenvalue weighted by Crippen LogP contribution is -2.06. The monoisotopic (exact) mass is 144 g/mol. The third-order valence-corrected chi connectivity index (χ3v) is 0.568. The van der Waals surface area contributed by atoms with Crippen LogP contribution in [0.5, 0.6) is 0 Å². The third-order valence-electron chi connectivity index (χ3n) is 0.568. The van der Waals surface area contributed by atoms with Crippen LogP contribution in [0.15, 0.2) is 17.3 Å². The van der Waals surface area contributed by atoms with Crippen LogP contribution in [-0.4, -0.2) is 11.9 Å². The summed E-state index contributed by atoms with van der Waals surface area (Å²) in [5, 5.41) is 1.97. The summed E-state index contributed by atoms with van der Waals surface area (Å²) < 4.78 is 0. The molecule has 10 heavy (non-hydrogen) atoms. The molecule has 0 spiro atoms. The lowest BCUT2D eigenvalue weighted by molar-refractivity contribution is -0.138. The number of hydrogen-bond acceptors (Lipinski definition) is 5. The lowest BCUT2D eigenvalue weighted by atomic mass is 10.5. The Labute approximate surface area is 55.6 Å². The van der Waals surface area contributed by atoms with E-state index in [1.165, 1.54) is 0 Å². The molecule has 0 saturated heterocycles. The predicted molar refractivity (Wildman–Crippen MR) is 30.2 cm³/mol. The quantitative estimate of drug-likeness (QED) is 0.312. The van der Waals surface area contributed by atoms with Crippen molar-refractivity contribution in [2.24, 2.45) is 11.1 Å². The van der Waals surface area contributed by atoms with Gasteiger partial charge in [-0.3, -0.25) is 4.79 Å². The van der Waals surface area contributed by atoms with E-state index in [1.807, 2.05) is 5.18 Å². The van der Waals surface area contributed by atoms with Crippen molar-refractivity contribution in [3.63, 3.8) is 0 Å². The fourth-order valence-electron chi connectivity index (χ4n) is 0.209. The van der Waals surface area contributed by atoms with Crippen LogP contribution < -0.4 is 5.90 Å². The molecule has 0 aliphatic heterocycles. The van der Waals surface area contributed by atoms with Crippen molar-refractivity contribution in [2.75, 3.05) is 0 Å². The van der Waals surface area contributed by atoms with Crippen molar-refractivity contribution in [1.29, 1.82) is 0 Å². The number of amides is 1. The molecular weight excluding hydrogens is 140 g/mol. The topological polar surface area (TPSA) is 98.8 Å². The third kappa shape index (κ3) is 3.44. The molecule has 0 aromatic heterocycles. The molecule has 0 radical (unpaired) electrons. The van der Waals surface area contributed by atoms with E-state index in [0.29, 0.717) is 12.2 Å². The van der Waals surface area contributed by atoms with Gasteiger partial charge in [-0.15, -0.1) is 4.91 Å². The second-order valence-corrected chi connectivity index (χ2v) is 1.20. The Hall–Kier alpha value is -1.56. The van der Waals surface area contributed by atoms with Gasteiger partial charge in [0.05, 0.1) is 0 Å². The van der Waals surface area contributed by atoms with Crippen LogP contribution in [0.25, 0.3) is 0 Å². The van der Waals surface area contributed by atoms with Gasteiger partial charge in [0.15, 0.2) is 0 Å². The largest absolute Gasteiger partial charge is 0.370 e. The Bertz CT molecular complexity index is 186. The van der Waals surface area contributed by atoms with E-state index in [1.54, 1.807) is 0 Å². The summed E-state index contributed by atoms with van der Waals surface area (Å²) in [6.07, 6.45) is 1.35. The van der Waals surface area contributed by atoms with Crippen molar-refractivity contribution in [3.05, 3.63) is 17.1 Å². The summed E-state index contributed by atoms with van der Waals surface area (Å²) in [4.78, 5) is 33.1. The van der Waals surface area contributed by atoms with Gasteiger partial charge in [0.25, 0.3) is 0 Å². The van der Waals surface area contributed by atoms with Crippen molar-refractivity contribution < 1.29 is 14.4 Å². The van der Waals surface area contributed by atoms with Crippen molar-refractivity contribution in [2.45, 2.75) is 0 Å². The van der Waals surface area contributed by atoms with Gasteiger partial charge in [-0.2, -0.15) is 5.90 Å². The zero-order valence-corrected chi connectivity index (χ0v) is 4.81. The second kappa shape index (κ2) is 4.33. The average Bonchev–Trinajstić information content (AvgIpc) is 1.99.